The van der Waals surface area contributed by atoms with E-state index in [1.807, 2.05) is 20.8 Å². The third-order valence-electron chi connectivity index (χ3n) is 5.72. The second-order valence-corrected chi connectivity index (χ2v) is 7.48. The van der Waals surface area contributed by atoms with Crippen molar-refractivity contribution in [3.63, 3.8) is 0 Å². The average Bonchev–Trinajstić information content (AvgIpc) is 2.66. The molecule has 3 fully saturated rings. The number of carbonyl (C=O) groups is 1. The number of aliphatic hydroxyl groups excluding tert-OH is 1. The first-order valence-corrected chi connectivity index (χ1v) is 8.24. The largest absolute Gasteiger partial charge is 0.509 e. The molecular formula is C17H26O6. The lowest BCUT2D eigenvalue weighted by Gasteiger charge is -2.42. The Bertz CT molecular complexity index is 507. The molecule has 0 unspecified atom stereocenters. The van der Waals surface area contributed by atoms with E-state index >= 15 is 0 Å². The number of hydrogen-bond donors (Lipinski definition) is 1. The first kappa shape index (κ1) is 16.7. The molecule has 6 nitrogen and oxygen atoms in total. The summed E-state index contributed by atoms with van der Waals surface area (Å²) < 4.78 is 23.0. The van der Waals surface area contributed by atoms with Crippen molar-refractivity contribution in [2.45, 2.75) is 81.6 Å². The Balaban J connectivity index is 1.90. The molecule has 0 aromatic rings. The molecule has 0 radical (unpaired) electrons. The van der Waals surface area contributed by atoms with Crippen molar-refractivity contribution in [1.29, 1.82) is 0 Å². The van der Waals surface area contributed by atoms with Crippen LogP contribution in [0.2, 0.25) is 0 Å². The highest BCUT2D eigenvalue weighted by molar-refractivity contribution is 5.61. The lowest BCUT2D eigenvalue weighted by molar-refractivity contribution is -0.226. The number of fused-ring (bicyclic) bond motifs is 2. The highest BCUT2D eigenvalue weighted by Crippen LogP contribution is 2.45. The van der Waals surface area contributed by atoms with E-state index in [-0.39, 0.29) is 18.8 Å². The van der Waals surface area contributed by atoms with Crippen molar-refractivity contribution in [3.8, 4) is 0 Å². The van der Waals surface area contributed by atoms with Crippen LogP contribution in [0.1, 0.15) is 46.5 Å². The molecule has 130 valence electrons. The molecule has 1 N–H and O–H groups in total. The minimum absolute atomic E-state index is 0.179. The van der Waals surface area contributed by atoms with E-state index in [4.69, 9.17) is 18.9 Å². The van der Waals surface area contributed by atoms with Gasteiger partial charge < -0.3 is 24.1 Å². The van der Waals surface area contributed by atoms with Crippen molar-refractivity contribution in [2.75, 3.05) is 6.61 Å². The summed E-state index contributed by atoms with van der Waals surface area (Å²) in [5.74, 6) is 0. The maximum Gasteiger partial charge on any atom is 0.509 e. The molecule has 23 heavy (non-hydrogen) atoms. The number of ether oxygens (including phenoxy) is 4. The number of aliphatic hydroxyl groups is 1. The fourth-order valence-corrected chi connectivity index (χ4v) is 3.78. The Morgan fingerprint density at radius 1 is 1.13 bits per heavy atom. The van der Waals surface area contributed by atoms with Crippen LogP contribution in [-0.2, 0) is 18.9 Å². The van der Waals surface area contributed by atoms with Crippen molar-refractivity contribution < 1.29 is 28.8 Å². The lowest BCUT2D eigenvalue weighted by atomic mass is 9.88. The van der Waals surface area contributed by atoms with Crippen molar-refractivity contribution in [3.05, 3.63) is 12.7 Å². The molecule has 3 saturated heterocycles. The molecule has 3 heterocycles. The van der Waals surface area contributed by atoms with Crippen molar-refractivity contribution in [2.24, 2.45) is 0 Å². The number of carbonyl (C=O) groups excluding carboxylic acids is 1. The summed E-state index contributed by atoms with van der Waals surface area (Å²) in [7, 11) is 0. The Hall–Kier alpha value is -1.11. The van der Waals surface area contributed by atoms with Gasteiger partial charge in [0.2, 0.25) is 0 Å². The molecule has 3 aliphatic heterocycles. The van der Waals surface area contributed by atoms with E-state index in [1.54, 1.807) is 6.08 Å². The first-order valence-electron chi connectivity index (χ1n) is 8.24. The second kappa shape index (κ2) is 5.46. The van der Waals surface area contributed by atoms with E-state index < -0.39 is 29.1 Å². The highest BCUT2D eigenvalue weighted by Gasteiger charge is 2.55. The zero-order chi connectivity index (χ0) is 16.9. The zero-order valence-electron chi connectivity index (χ0n) is 14.0. The summed E-state index contributed by atoms with van der Waals surface area (Å²) in [6, 6.07) is 0. The van der Waals surface area contributed by atoms with Gasteiger partial charge in [-0.3, -0.25) is 0 Å². The van der Waals surface area contributed by atoms with Crippen LogP contribution >= 0.6 is 0 Å². The zero-order valence-corrected chi connectivity index (χ0v) is 14.0. The summed E-state index contributed by atoms with van der Waals surface area (Å²) in [6.45, 7) is 9.72. The SMILES string of the molecule is C=C[C@]1(C)O[C@@H]2CC[C@]3(C)OC(=O)OC[C@H]3O[C@@]2(C)CC[C@H]1O. The summed E-state index contributed by atoms with van der Waals surface area (Å²) in [4.78, 5) is 11.5. The van der Waals surface area contributed by atoms with Crippen molar-refractivity contribution in [1.82, 2.24) is 0 Å². The maximum absolute atomic E-state index is 11.5. The minimum Gasteiger partial charge on any atom is -0.431 e. The van der Waals surface area contributed by atoms with Crippen LogP contribution in [0, 0.1) is 0 Å². The summed E-state index contributed by atoms with van der Waals surface area (Å²) in [5, 5.41) is 10.4. The molecule has 0 saturated carbocycles. The standard InChI is InChI=1S/C17H26O6/c1-5-15(2)11(18)6-8-16(3)12(21-15)7-9-17(4)13(22-16)10-20-14(19)23-17/h5,11-13,18H,1,6-10H2,2-4H3/t11-,12-,13-,15+,16+,17+/m1/s1. The predicted octanol–water partition coefficient (Wildman–Crippen LogP) is 2.33. The van der Waals surface area contributed by atoms with Gasteiger partial charge in [0.05, 0.1) is 17.8 Å². The van der Waals surface area contributed by atoms with Gasteiger partial charge in [-0.25, -0.2) is 4.79 Å². The smallest absolute Gasteiger partial charge is 0.431 e. The molecule has 6 heteroatoms. The van der Waals surface area contributed by atoms with Crippen LogP contribution in [-0.4, -0.2) is 53.0 Å². The number of cyclic esters (lactones) is 1. The van der Waals surface area contributed by atoms with Crippen LogP contribution < -0.4 is 0 Å². The average molecular weight is 326 g/mol. The molecule has 0 amide bonds. The summed E-state index contributed by atoms with van der Waals surface area (Å²) >= 11 is 0. The molecule has 6 atom stereocenters. The Labute approximate surface area is 136 Å². The first-order chi connectivity index (χ1) is 10.7. The third kappa shape index (κ3) is 2.77. The van der Waals surface area contributed by atoms with E-state index in [9.17, 15) is 9.90 Å². The second-order valence-electron chi connectivity index (χ2n) is 7.48. The van der Waals surface area contributed by atoms with E-state index in [0.29, 0.717) is 25.7 Å². The molecule has 0 aromatic carbocycles. The minimum atomic E-state index is -0.810. The van der Waals surface area contributed by atoms with Crippen LogP contribution in [0.25, 0.3) is 0 Å². The predicted molar refractivity (Wildman–Crippen MR) is 82.1 cm³/mol. The summed E-state index contributed by atoms with van der Waals surface area (Å²) in [6.07, 6.45) is 2.33. The van der Waals surface area contributed by atoms with E-state index in [1.165, 1.54) is 0 Å². The quantitative estimate of drug-likeness (QED) is 0.589. The molecule has 0 aliphatic carbocycles. The van der Waals surface area contributed by atoms with Gasteiger partial charge in [0.1, 0.15) is 23.9 Å². The summed E-state index contributed by atoms with van der Waals surface area (Å²) in [5.41, 5.74) is -2.09. The van der Waals surface area contributed by atoms with Gasteiger partial charge in [0.25, 0.3) is 0 Å². The number of rotatable bonds is 1. The lowest BCUT2D eigenvalue weighted by Crippen LogP contribution is -2.54. The number of hydrogen-bond acceptors (Lipinski definition) is 6. The normalized spacial score (nSPS) is 50.4. The molecule has 0 aromatic heterocycles. The van der Waals surface area contributed by atoms with Gasteiger partial charge in [0, 0.05) is 0 Å². The third-order valence-corrected chi connectivity index (χ3v) is 5.72. The van der Waals surface area contributed by atoms with Crippen LogP contribution in [0.4, 0.5) is 4.79 Å². The Kier molecular flexibility index (Phi) is 3.98. The fraction of sp³-hybridized carbons (Fsp3) is 0.824. The Morgan fingerprint density at radius 3 is 2.52 bits per heavy atom. The highest BCUT2D eigenvalue weighted by atomic mass is 16.8. The molecule has 3 aliphatic rings. The maximum atomic E-state index is 11.5. The molecule has 0 spiro atoms. The molecule has 3 rings (SSSR count). The van der Waals surface area contributed by atoms with Crippen LogP contribution in [0.3, 0.4) is 0 Å². The van der Waals surface area contributed by atoms with Gasteiger partial charge in [-0.05, 0) is 46.5 Å². The van der Waals surface area contributed by atoms with Gasteiger partial charge in [0.15, 0.2) is 0 Å². The van der Waals surface area contributed by atoms with E-state index in [0.717, 1.165) is 0 Å². The topological polar surface area (TPSA) is 74.2 Å². The fourth-order valence-electron chi connectivity index (χ4n) is 3.78. The van der Waals surface area contributed by atoms with Gasteiger partial charge in [-0.15, -0.1) is 6.58 Å². The van der Waals surface area contributed by atoms with E-state index in [2.05, 4.69) is 6.58 Å². The molecular weight excluding hydrogens is 300 g/mol. The van der Waals surface area contributed by atoms with Crippen LogP contribution in [0.15, 0.2) is 12.7 Å². The van der Waals surface area contributed by atoms with Gasteiger partial charge >= 0.3 is 6.16 Å². The monoisotopic (exact) mass is 326 g/mol. The van der Waals surface area contributed by atoms with Gasteiger partial charge in [-0.1, -0.05) is 6.08 Å². The Morgan fingerprint density at radius 2 is 1.83 bits per heavy atom. The van der Waals surface area contributed by atoms with Gasteiger partial charge in [-0.2, -0.15) is 0 Å². The van der Waals surface area contributed by atoms with Crippen LogP contribution in [0.5, 0.6) is 0 Å². The van der Waals surface area contributed by atoms with Crippen molar-refractivity contribution >= 4 is 6.16 Å². The molecule has 0 bridgehead atoms.